The minimum Gasteiger partial charge on any atom is -0.477 e. The molecule has 2 heterocycles. The molecule has 2 aromatic carbocycles. The van der Waals surface area contributed by atoms with Gasteiger partial charge in [0.2, 0.25) is 0 Å². The van der Waals surface area contributed by atoms with Crippen LogP contribution in [-0.2, 0) is 11.3 Å². The summed E-state index contributed by atoms with van der Waals surface area (Å²) in [5.74, 6) is -0.984. The van der Waals surface area contributed by atoms with Crippen LogP contribution in [0.25, 0.3) is 22.0 Å². The summed E-state index contributed by atoms with van der Waals surface area (Å²) in [4.78, 5) is 18.3. The number of rotatable bonds is 4. The summed E-state index contributed by atoms with van der Waals surface area (Å²) in [5.41, 5.74) is 3.81. The fourth-order valence-corrected chi connectivity index (χ4v) is 3.34. The van der Waals surface area contributed by atoms with Gasteiger partial charge < -0.3 is 9.84 Å². The van der Waals surface area contributed by atoms with Gasteiger partial charge in [-0.1, -0.05) is 36.4 Å². The quantitative estimate of drug-likeness (QED) is 0.783. The van der Waals surface area contributed by atoms with Crippen LogP contribution in [0.4, 0.5) is 0 Å². The molecule has 3 aromatic rings. The molecule has 0 spiro atoms. The van der Waals surface area contributed by atoms with E-state index < -0.39 is 5.97 Å². The highest BCUT2D eigenvalue weighted by atomic mass is 16.5. The second-order valence-electron chi connectivity index (χ2n) is 6.46. The molecule has 0 atom stereocenters. The Hall–Kier alpha value is -2.76. The zero-order valence-corrected chi connectivity index (χ0v) is 14.4. The molecule has 0 unspecified atom stereocenters. The average molecular weight is 348 g/mol. The lowest BCUT2D eigenvalue weighted by Crippen LogP contribution is -2.36. The Morgan fingerprint density at radius 1 is 1.04 bits per heavy atom. The summed E-state index contributed by atoms with van der Waals surface area (Å²) >= 11 is 0. The van der Waals surface area contributed by atoms with Crippen molar-refractivity contribution in [2.45, 2.75) is 6.54 Å². The van der Waals surface area contributed by atoms with Crippen LogP contribution in [0.15, 0.2) is 54.6 Å². The first-order chi connectivity index (χ1) is 12.7. The third-order valence-corrected chi connectivity index (χ3v) is 4.70. The van der Waals surface area contributed by atoms with Crippen molar-refractivity contribution in [2.24, 2.45) is 0 Å². The first-order valence-electron chi connectivity index (χ1n) is 8.73. The van der Waals surface area contributed by atoms with Crippen LogP contribution >= 0.6 is 0 Å². The number of pyridine rings is 1. The number of benzene rings is 2. The van der Waals surface area contributed by atoms with E-state index in [9.17, 15) is 9.90 Å². The monoisotopic (exact) mass is 348 g/mol. The zero-order valence-electron chi connectivity index (χ0n) is 14.4. The van der Waals surface area contributed by atoms with Crippen molar-refractivity contribution >= 4 is 16.9 Å². The number of carbonyl (C=O) groups is 1. The number of morpholine rings is 1. The van der Waals surface area contributed by atoms with E-state index >= 15 is 0 Å². The maximum absolute atomic E-state index is 11.7. The van der Waals surface area contributed by atoms with Gasteiger partial charge in [0.15, 0.2) is 5.69 Å². The summed E-state index contributed by atoms with van der Waals surface area (Å²) in [7, 11) is 0. The smallest absolute Gasteiger partial charge is 0.354 e. The van der Waals surface area contributed by atoms with Crippen molar-refractivity contribution in [3.63, 3.8) is 0 Å². The van der Waals surface area contributed by atoms with Crippen molar-refractivity contribution in [1.29, 1.82) is 0 Å². The minimum atomic E-state index is -0.984. The minimum absolute atomic E-state index is 0.136. The second kappa shape index (κ2) is 7.23. The first kappa shape index (κ1) is 16.7. The van der Waals surface area contributed by atoms with E-state index in [0.29, 0.717) is 25.3 Å². The standard InChI is InChI=1S/C21H20N2O3/c24-21(25)20-18(14-23-8-10-26-11-9-23)13-17-12-16(6-7-19(17)22-20)15-4-2-1-3-5-15/h1-7,12-13H,8-11,14H2,(H,24,25). The summed E-state index contributed by atoms with van der Waals surface area (Å²) in [6.07, 6.45) is 0. The highest BCUT2D eigenvalue weighted by molar-refractivity contribution is 5.93. The van der Waals surface area contributed by atoms with Gasteiger partial charge in [-0.2, -0.15) is 0 Å². The van der Waals surface area contributed by atoms with Crippen LogP contribution in [-0.4, -0.2) is 47.3 Å². The van der Waals surface area contributed by atoms with Gasteiger partial charge in [-0.15, -0.1) is 0 Å². The topological polar surface area (TPSA) is 62.7 Å². The Balaban J connectivity index is 1.75. The van der Waals surface area contributed by atoms with E-state index in [1.807, 2.05) is 36.4 Å². The molecule has 0 amide bonds. The number of aromatic nitrogens is 1. The van der Waals surface area contributed by atoms with E-state index in [1.54, 1.807) is 0 Å². The number of carboxylic acid groups (broad SMARTS) is 1. The van der Waals surface area contributed by atoms with Gasteiger partial charge in [-0.25, -0.2) is 9.78 Å². The Bertz CT molecular complexity index is 935. The summed E-state index contributed by atoms with van der Waals surface area (Å²) in [5, 5.41) is 10.5. The maximum atomic E-state index is 11.7. The number of fused-ring (bicyclic) bond motifs is 1. The zero-order chi connectivity index (χ0) is 17.9. The summed E-state index contributed by atoms with van der Waals surface area (Å²) in [6.45, 7) is 3.55. The van der Waals surface area contributed by atoms with Gasteiger partial charge >= 0.3 is 5.97 Å². The van der Waals surface area contributed by atoms with Crippen LogP contribution < -0.4 is 0 Å². The van der Waals surface area contributed by atoms with Crippen molar-refractivity contribution in [3.05, 3.63) is 65.9 Å². The number of hydrogen-bond donors (Lipinski definition) is 1. The predicted octanol–water partition coefficient (Wildman–Crippen LogP) is 3.43. The average Bonchev–Trinajstić information content (AvgIpc) is 2.68. The van der Waals surface area contributed by atoms with Crippen LogP contribution in [0.5, 0.6) is 0 Å². The molecule has 1 fully saturated rings. The Labute approximate surface area is 151 Å². The molecule has 0 saturated carbocycles. The molecule has 1 saturated heterocycles. The van der Waals surface area contributed by atoms with Crippen molar-refractivity contribution in [2.75, 3.05) is 26.3 Å². The van der Waals surface area contributed by atoms with Gasteiger partial charge in [-0.3, -0.25) is 4.90 Å². The lowest BCUT2D eigenvalue weighted by atomic mass is 10.0. The molecule has 1 aromatic heterocycles. The number of ether oxygens (including phenoxy) is 1. The molecule has 1 N–H and O–H groups in total. The van der Waals surface area contributed by atoms with Crippen LogP contribution in [0.3, 0.4) is 0 Å². The Morgan fingerprint density at radius 2 is 1.81 bits per heavy atom. The molecular formula is C21H20N2O3. The van der Waals surface area contributed by atoms with E-state index in [4.69, 9.17) is 4.74 Å². The summed E-state index contributed by atoms with van der Waals surface area (Å²) < 4.78 is 5.38. The number of aromatic carboxylic acids is 1. The van der Waals surface area contributed by atoms with Crippen LogP contribution in [0.2, 0.25) is 0 Å². The highest BCUT2D eigenvalue weighted by Gasteiger charge is 2.18. The molecule has 5 nitrogen and oxygen atoms in total. The fraction of sp³-hybridized carbons (Fsp3) is 0.238. The molecule has 0 radical (unpaired) electrons. The number of nitrogens with zero attached hydrogens (tertiary/aromatic N) is 2. The van der Waals surface area contributed by atoms with Gasteiger partial charge in [0.25, 0.3) is 0 Å². The lowest BCUT2D eigenvalue weighted by molar-refractivity contribution is 0.0339. The highest BCUT2D eigenvalue weighted by Crippen LogP contribution is 2.26. The van der Waals surface area contributed by atoms with Crippen LogP contribution in [0.1, 0.15) is 16.1 Å². The molecule has 0 bridgehead atoms. The van der Waals surface area contributed by atoms with Crippen LogP contribution in [0, 0.1) is 0 Å². The normalized spacial score (nSPS) is 15.2. The molecule has 5 heteroatoms. The van der Waals surface area contributed by atoms with E-state index in [1.165, 1.54) is 0 Å². The van der Waals surface area contributed by atoms with Gasteiger partial charge in [0, 0.05) is 25.0 Å². The third kappa shape index (κ3) is 3.45. The van der Waals surface area contributed by atoms with E-state index in [2.05, 4.69) is 28.1 Å². The summed E-state index contributed by atoms with van der Waals surface area (Å²) in [6, 6.07) is 18.1. The molecule has 26 heavy (non-hydrogen) atoms. The third-order valence-electron chi connectivity index (χ3n) is 4.70. The number of hydrogen-bond acceptors (Lipinski definition) is 4. The van der Waals surface area contributed by atoms with Gasteiger partial charge in [0.1, 0.15) is 0 Å². The molecule has 4 rings (SSSR count). The number of carboxylic acids is 1. The Kier molecular flexibility index (Phi) is 4.65. The molecule has 132 valence electrons. The first-order valence-corrected chi connectivity index (χ1v) is 8.73. The van der Waals surface area contributed by atoms with Crippen molar-refractivity contribution in [3.8, 4) is 11.1 Å². The predicted molar refractivity (Wildman–Crippen MR) is 100 cm³/mol. The lowest BCUT2D eigenvalue weighted by Gasteiger charge is -2.27. The second-order valence-corrected chi connectivity index (χ2v) is 6.46. The van der Waals surface area contributed by atoms with Gasteiger partial charge in [-0.05, 0) is 34.9 Å². The van der Waals surface area contributed by atoms with Crippen molar-refractivity contribution < 1.29 is 14.6 Å². The largest absolute Gasteiger partial charge is 0.477 e. The van der Waals surface area contributed by atoms with Crippen molar-refractivity contribution in [1.82, 2.24) is 9.88 Å². The maximum Gasteiger partial charge on any atom is 0.354 e. The fourth-order valence-electron chi connectivity index (χ4n) is 3.34. The molecule has 1 aliphatic heterocycles. The molecular weight excluding hydrogens is 328 g/mol. The van der Waals surface area contributed by atoms with E-state index in [0.717, 1.165) is 35.2 Å². The molecule has 1 aliphatic rings. The Morgan fingerprint density at radius 3 is 2.54 bits per heavy atom. The van der Waals surface area contributed by atoms with Gasteiger partial charge in [0.05, 0.1) is 18.7 Å². The molecule has 0 aliphatic carbocycles. The SMILES string of the molecule is O=C(O)c1nc2ccc(-c3ccccc3)cc2cc1CN1CCOCC1. The van der Waals surface area contributed by atoms with E-state index in [-0.39, 0.29) is 5.69 Å².